The monoisotopic (exact) mass is 528 g/mol. The lowest BCUT2D eigenvalue weighted by molar-refractivity contribution is -0.138. The number of amides is 2. The van der Waals surface area contributed by atoms with Crippen LogP contribution in [0.15, 0.2) is 51.7 Å². The molecule has 0 bridgehead atoms. The average molecular weight is 529 g/mol. The predicted octanol–water partition coefficient (Wildman–Crippen LogP) is 2.28. The fourth-order valence-corrected chi connectivity index (χ4v) is 4.72. The van der Waals surface area contributed by atoms with Crippen LogP contribution in [0.5, 0.6) is 11.5 Å². The SMILES string of the molecule is COc1cc(OC)c2c(C)c(CC(=O)NC(CSCc3ccccc3)C(=O)NCC(=O)O)c(=O)oc2c1. The van der Waals surface area contributed by atoms with Gasteiger partial charge in [-0.15, -0.1) is 0 Å². The molecule has 196 valence electrons. The number of ether oxygens (including phenoxy) is 2. The van der Waals surface area contributed by atoms with E-state index in [2.05, 4.69) is 10.6 Å². The van der Waals surface area contributed by atoms with Crippen LogP contribution in [0.4, 0.5) is 0 Å². The smallest absolute Gasteiger partial charge is 0.340 e. The summed E-state index contributed by atoms with van der Waals surface area (Å²) in [5, 5.41) is 14.4. The third-order valence-electron chi connectivity index (χ3n) is 5.57. The lowest BCUT2D eigenvalue weighted by Crippen LogP contribution is -2.50. The van der Waals surface area contributed by atoms with Crippen molar-refractivity contribution in [3.63, 3.8) is 0 Å². The molecule has 3 N–H and O–H groups in total. The Hall–Kier alpha value is -3.99. The van der Waals surface area contributed by atoms with Gasteiger partial charge in [0.1, 0.15) is 29.7 Å². The van der Waals surface area contributed by atoms with Gasteiger partial charge in [0.2, 0.25) is 11.8 Å². The zero-order valence-corrected chi connectivity index (χ0v) is 21.5. The maximum absolute atomic E-state index is 12.9. The minimum absolute atomic E-state index is 0.120. The molecule has 2 aromatic carbocycles. The highest BCUT2D eigenvalue weighted by Gasteiger charge is 2.24. The first-order valence-electron chi connectivity index (χ1n) is 11.3. The average Bonchev–Trinajstić information content (AvgIpc) is 2.88. The van der Waals surface area contributed by atoms with Gasteiger partial charge in [-0.3, -0.25) is 14.4 Å². The van der Waals surface area contributed by atoms with Crippen LogP contribution in [-0.2, 0) is 26.6 Å². The predicted molar refractivity (Wildman–Crippen MR) is 139 cm³/mol. The van der Waals surface area contributed by atoms with Gasteiger partial charge in [-0.1, -0.05) is 30.3 Å². The Morgan fingerprint density at radius 1 is 1.11 bits per heavy atom. The van der Waals surface area contributed by atoms with Crippen molar-refractivity contribution in [1.82, 2.24) is 10.6 Å². The number of fused-ring (bicyclic) bond motifs is 1. The standard InChI is InChI=1S/C26H28N2O8S/c1-15-18(26(33)36-21-10-17(34-2)9-20(35-3)24(15)21)11-22(29)28-19(25(32)27-12-23(30)31)14-37-13-16-7-5-4-6-8-16/h4-10,19H,11-14H2,1-3H3,(H,27,32)(H,28,29)(H,30,31). The molecule has 0 saturated heterocycles. The van der Waals surface area contributed by atoms with E-state index in [0.29, 0.717) is 28.2 Å². The Morgan fingerprint density at radius 2 is 1.84 bits per heavy atom. The molecule has 3 rings (SSSR count). The van der Waals surface area contributed by atoms with Crippen LogP contribution in [0.25, 0.3) is 11.0 Å². The van der Waals surface area contributed by atoms with Crippen molar-refractivity contribution >= 4 is 40.5 Å². The van der Waals surface area contributed by atoms with E-state index in [0.717, 1.165) is 5.56 Å². The molecule has 0 aliphatic carbocycles. The van der Waals surface area contributed by atoms with Gasteiger partial charge in [-0.25, -0.2) is 4.79 Å². The fourth-order valence-electron chi connectivity index (χ4n) is 3.71. The molecular weight excluding hydrogens is 500 g/mol. The number of aliphatic carboxylic acids is 1. The number of carboxylic acids is 1. The van der Waals surface area contributed by atoms with Gasteiger partial charge in [0.05, 0.1) is 31.6 Å². The summed E-state index contributed by atoms with van der Waals surface area (Å²) in [4.78, 5) is 49.2. The van der Waals surface area contributed by atoms with Gasteiger partial charge in [-0.2, -0.15) is 11.8 Å². The first-order valence-corrected chi connectivity index (χ1v) is 12.5. The van der Waals surface area contributed by atoms with E-state index < -0.39 is 36.0 Å². The number of nitrogens with one attached hydrogen (secondary N) is 2. The highest BCUT2D eigenvalue weighted by Crippen LogP contribution is 2.33. The quantitative estimate of drug-likeness (QED) is 0.302. The minimum Gasteiger partial charge on any atom is -0.496 e. The molecule has 0 saturated carbocycles. The highest BCUT2D eigenvalue weighted by molar-refractivity contribution is 7.98. The third kappa shape index (κ3) is 7.26. The van der Waals surface area contributed by atoms with E-state index in [1.807, 2.05) is 30.3 Å². The molecule has 1 atom stereocenters. The van der Waals surface area contributed by atoms with Crippen LogP contribution < -0.4 is 25.7 Å². The number of carbonyl (C=O) groups is 3. The molecule has 2 amide bonds. The first-order chi connectivity index (χ1) is 17.7. The molecule has 0 radical (unpaired) electrons. The Balaban J connectivity index is 1.79. The molecule has 1 unspecified atom stereocenters. The summed E-state index contributed by atoms with van der Waals surface area (Å²) in [5.74, 6) is -0.766. The first kappa shape index (κ1) is 27.6. The van der Waals surface area contributed by atoms with E-state index in [9.17, 15) is 19.2 Å². The molecule has 37 heavy (non-hydrogen) atoms. The maximum atomic E-state index is 12.9. The summed E-state index contributed by atoms with van der Waals surface area (Å²) in [5.41, 5.74) is 1.23. The second-order valence-electron chi connectivity index (χ2n) is 8.11. The molecular formula is C26H28N2O8S. The number of benzene rings is 2. The van der Waals surface area contributed by atoms with Crippen molar-refractivity contribution in [1.29, 1.82) is 0 Å². The molecule has 1 aromatic heterocycles. The van der Waals surface area contributed by atoms with Crippen LogP contribution in [0.2, 0.25) is 0 Å². The van der Waals surface area contributed by atoms with Crippen molar-refractivity contribution in [3.05, 3.63) is 69.6 Å². The van der Waals surface area contributed by atoms with E-state index >= 15 is 0 Å². The number of carboxylic acid groups (broad SMARTS) is 1. The number of carbonyl (C=O) groups excluding carboxylic acids is 2. The van der Waals surface area contributed by atoms with Gasteiger partial charge in [0.15, 0.2) is 0 Å². The number of thioether (sulfide) groups is 1. The van der Waals surface area contributed by atoms with E-state index in [1.165, 1.54) is 26.0 Å². The van der Waals surface area contributed by atoms with Crippen molar-refractivity contribution < 1.29 is 33.4 Å². The maximum Gasteiger partial charge on any atom is 0.340 e. The van der Waals surface area contributed by atoms with Gasteiger partial charge < -0.3 is 29.6 Å². The molecule has 0 aliphatic rings. The molecule has 10 nitrogen and oxygen atoms in total. The summed E-state index contributed by atoms with van der Waals surface area (Å²) >= 11 is 1.41. The highest BCUT2D eigenvalue weighted by atomic mass is 32.2. The molecule has 1 heterocycles. The van der Waals surface area contributed by atoms with Gasteiger partial charge >= 0.3 is 11.6 Å². The second-order valence-corrected chi connectivity index (χ2v) is 9.14. The van der Waals surface area contributed by atoms with Crippen LogP contribution in [0.3, 0.4) is 0 Å². The zero-order valence-electron chi connectivity index (χ0n) is 20.7. The normalized spacial score (nSPS) is 11.5. The van der Waals surface area contributed by atoms with Crippen molar-refractivity contribution in [2.45, 2.75) is 25.1 Å². The summed E-state index contributed by atoms with van der Waals surface area (Å²) in [6.07, 6.45) is -0.342. The topological polar surface area (TPSA) is 144 Å². The summed E-state index contributed by atoms with van der Waals surface area (Å²) in [6, 6.07) is 11.8. The Labute approximate surface area is 217 Å². The molecule has 0 spiro atoms. The molecule has 11 heteroatoms. The Kier molecular flexibility index (Phi) is 9.56. The van der Waals surface area contributed by atoms with Gasteiger partial charge in [-0.05, 0) is 18.1 Å². The van der Waals surface area contributed by atoms with E-state index in [4.69, 9.17) is 19.0 Å². The molecule has 0 aliphatic heterocycles. The molecule has 3 aromatic rings. The Morgan fingerprint density at radius 3 is 2.49 bits per heavy atom. The third-order valence-corrected chi connectivity index (χ3v) is 6.68. The minimum atomic E-state index is -1.20. The molecule has 0 fully saturated rings. The van der Waals surface area contributed by atoms with Crippen molar-refractivity contribution in [2.75, 3.05) is 26.5 Å². The van der Waals surface area contributed by atoms with Crippen molar-refractivity contribution in [2.24, 2.45) is 0 Å². The number of hydrogen-bond donors (Lipinski definition) is 3. The largest absolute Gasteiger partial charge is 0.496 e. The Bertz CT molecular complexity index is 1340. The van der Waals surface area contributed by atoms with Crippen LogP contribution in [0.1, 0.15) is 16.7 Å². The van der Waals surface area contributed by atoms with E-state index in [-0.39, 0.29) is 23.3 Å². The van der Waals surface area contributed by atoms with Crippen LogP contribution >= 0.6 is 11.8 Å². The fraction of sp³-hybridized carbons (Fsp3) is 0.308. The number of hydrogen-bond acceptors (Lipinski definition) is 8. The van der Waals surface area contributed by atoms with Crippen LogP contribution in [0, 0.1) is 6.92 Å². The summed E-state index contributed by atoms with van der Waals surface area (Å²) in [7, 11) is 2.95. The number of aryl methyl sites for hydroxylation is 1. The van der Waals surface area contributed by atoms with Crippen molar-refractivity contribution in [3.8, 4) is 11.5 Å². The van der Waals surface area contributed by atoms with Crippen LogP contribution in [-0.4, -0.2) is 55.4 Å². The number of rotatable bonds is 12. The lowest BCUT2D eigenvalue weighted by atomic mass is 10.0. The number of methoxy groups -OCH3 is 2. The lowest BCUT2D eigenvalue weighted by Gasteiger charge is -2.18. The second kappa shape index (κ2) is 12.8. The van der Waals surface area contributed by atoms with Gasteiger partial charge in [0.25, 0.3) is 0 Å². The zero-order chi connectivity index (χ0) is 26.9. The summed E-state index contributed by atoms with van der Waals surface area (Å²) in [6.45, 7) is 1.11. The van der Waals surface area contributed by atoms with E-state index in [1.54, 1.807) is 19.1 Å². The summed E-state index contributed by atoms with van der Waals surface area (Å²) < 4.78 is 16.1. The van der Waals surface area contributed by atoms with Gasteiger partial charge in [0, 0.05) is 23.6 Å².